The molecular weight excluding hydrogens is 290 g/mol. The Hall–Kier alpha value is -1.55. The first-order chi connectivity index (χ1) is 11.1. The number of ether oxygens (including phenoxy) is 1. The first-order valence-electron chi connectivity index (χ1n) is 8.70. The SMILES string of the molecule is O=C(NC12CC3CC(CC(CO)(C3)C1)C2)OCc1ccccc1. The number of carbonyl (C=O) groups excluding carboxylic acids is 1. The fourth-order valence-electron chi connectivity index (χ4n) is 5.76. The van der Waals surface area contributed by atoms with E-state index in [2.05, 4.69) is 5.32 Å². The molecule has 5 rings (SSSR count). The van der Waals surface area contributed by atoms with Crippen molar-refractivity contribution in [3.63, 3.8) is 0 Å². The molecule has 0 spiro atoms. The van der Waals surface area contributed by atoms with Gasteiger partial charge in [-0.05, 0) is 61.3 Å². The van der Waals surface area contributed by atoms with Crippen molar-refractivity contribution in [1.29, 1.82) is 0 Å². The highest BCUT2D eigenvalue weighted by Gasteiger charge is 2.58. The highest BCUT2D eigenvalue weighted by atomic mass is 16.5. The fourth-order valence-corrected chi connectivity index (χ4v) is 5.76. The summed E-state index contributed by atoms with van der Waals surface area (Å²) < 4.78 is 5.42. The van der Waals surface area contributed by atoms with Gasteiger partial charge in [0.25, 0.3) is 0 Å². The number of aliphatic hydroxyl groups is 1. The van der Waals surface area contributed by atoms with E-state index in [0.717, 1.165) is 37.7 Å². The minimum Gasteiger partial charge on any atom is -0.445 e. The van der Waals surface area contributed by atoms with E-state index in [1.165, 1.54) is 6.42 Å². The van der Waals surface area contributed by atoms with Crippen LogP contribution < -0.4 is 5.32 Å². The predicted octanol–water partition coefficient (Wildman–Crippen LogP) is 3.24. The summed E-state index contributed by atoms with van der Waals surface area (Å²) in [5.74, 6) is 1.30. The molecular formula is C19H25NO3. The molecule has 4 saturated carbocycles. The lowest BCUT2D eigenvalue weighted by Crippen LogP contribution is -2.63. The number of aliphatic hydroxyl groups excluding tert-OH is 1. The highest BCUT2D eigenvalue weighted by Crippen LogP contribution is 2.61. The number of rotatable bonds is 4. The Morgan fingerprint density at radius 3 is 2.52 bits per heavy atom. The summed E-state index contributed by atoms with van der Waals surface area (Å²) in [6, 6.07) is 9.76. The van der Waals surface area contributed by atoms with Gasteiger partial charge in [-0.1, -0.05) is 30.3 Å². The van der Waals surface area contributed by atoms with Crippen molar-refractivity contribution >= 4 is 6.09 Å². The van der Waals surface area contributed by atoms with Crippen LogP contribution in [0.5, 0.6) is 0 Å². The van der Waals surface area contributed by atoms with Crippen molar-refractivity contribution < 1.29 is 14.6 Å². The Morgan fingerprint density at radius 1 is 1.17 bits per heavy atom. The Labute approximate surface area is 137 Å². The minimum atomic E-state index is -0.316. The van der Waals surface area contributed by atoms with E-state index in [1.54, 1.807) is 0 Å². The van der Waals surface area contributed by atoms with Gasteiger partial charge in [0, 0.05) is 12.1 Å². The van der Waals surface area contributed by atoms with Crippen LogP contribution in [0.4, 0.5) is 4.79 Å². The zero-order chi connectivity index (χ0) is 15.9. The third kappa shape index (κ3) is 2.85. The van der Waals surface area contributed by atoms with E-state index in [0.29, 0.717) is 18.4 Å². The summed E-state index contributed by atoms with van der Waals surface area (Å²) in [7, 11) is 0. The van der Waals surface area contributed by atoms with Gasteiger partial charge in [0.2, 0.25) is 0 Å². The molecule has 4 nitrogen and oxygen atoms in total. The monoisotopic (exact) mass is 315 g/mol. The van der Waals surface area contributed by atoms with Crippen LogP contribution in [-0.4, -0.2) is 23.3 Å². The summed E-state index contributed by atoms with van der Waals surface area (Å²) in [5.41, 5.74) is 0.886. The van der Waals surface area contributed by atoms with Crippen molar-refractivity contribution in [3.05, 3.63) is 35.9 Å². The van der Waals surface area contributed by atoms with E-state index >= 15 is 0 Å². The van der Waals surface area contributed by atoms with Crippen LogP contribution in [0.2, 0.25) is 0 Å². The van der Waals surface area contributed by atoms with Gasteiger partial charge in [0.15, 0.2) is 0 Å². The summed E-state index contributed by atoms with van der Waals surface area (Å²) in [6.07, 6.45) is 6.21. The largest absolute Gasteiger partial charge is 0.445 e. The molecule has 1 aromatic rings. The molecule has 0 saturated heterocycles. The maximum atomic E-state index is 12.3. The Balaban J connectivity index is 1.41. The van der Waals surface area contributed by atoms with Gasteiger partial charge in [-0.15, -0.1) is 0 Å². The number of hydrogen-bond acceptors (Lipinski definition) is 3. The van der Waals surface area contributed by atoms with Crippen LogP contribution in [0.15, 0.2) is 30.3 Å². The lowest BCUT2D eigenvalue weighted by Gasteiger charge is -2.61. The number of nitrogens with one attached hydrogen (secondary N) is 1. The molecule has 2 atom stereocenters. The van der Waals surface area contributed by atoms with Gasteiger partial charge >= 0.3 is 6.09 Å². The second kappa shape index (κ2) is 5.52. The summed E-state index contributed by atoms with van der Waals surface area (Å²) in [6.45, 7) is 0.559. The third-order valence-electron chi connectivity index (χ3n) is 6.10. The standard InChI is InChI=1S/C19H25NO3/c21-13-18-7-15-6-16(8-18)10-19(9-15,12-18)20-17(22)23-11-14-4-2-1-3-5-14/h1-5,15-16,21H,6-13H2,(H,20,22). The molecule has 2 N–H and O–H groups in total. The summed E-state index contributed by atoms with van der Waals surface area (Å²) in [4.78, 5) is 12.3. The van der Waals surface area contributed by atoms with Gasteiger partial charge in [-0.3, -0.25) is 0 Å². The van der Waals surface area contributed by atoms with Crippen LogP contribution in [0.3, 0.4) is 0 Å². The zero-order valence-electron chi connectivity index (χ0n) is 13.5. The van der Waals surface area contributed by atoms with Crippen LogP contribution in [0.25, 0.3) is 0 Å². The molecule has 0 aliphatic heterocycles. The predicted molar refractivity (Wildman–Crippen MR) is 86.7 cm³/mol. The first-order valence-corrected chi connectivity index (χ1v) is 8.70. The van der Waals surface area contributed by atoms with Crippen molar-refractivity contribution in [1.82, 2.24) is 5.32 Å². The molecule has 4 heteroatoms. The maximum Gasteiger partial charge on any atom is 0.407 e. The fraction of sp³-hybridized carbons (Fsp3) is 0.632. The highest BCUT2D eigenvalue weighted by molar-refractivity contribution is 5.68. The molecule has 2 unspecified atom stereocenters. The topological polar surface area (TPSA) is 58.6 Å². The van der Waals surface area contributed by atoms with Crippen molar-refractivity contribution in [2.24, 2.45) is 17.3 Å². The number of alkyl carbamates (subject to hydrolysis) is 1. The van der Waals surface area contributed by atoms with E-state index < -0.39 is 0 Å². The third-order valence-corrected chi connectivity index (χ3v) is 6.10. The molecule has 0 heterocycles. The maximum absolute atomic E-state index is 12.3. The van der Waals surface area contributed by atoms with E-state index in [-0.39, 0.29) is 23.7 Å². The van der Waals surface area contributed by atoms with E-state index in [4.69, 9.17) is 4.74 Å². The lowest BCUT2D eigenvalue weighted by molar-refractivity contribution is -0.102. The van der Waals surface area contributed by atoms with Crippen LogP contribution in [-0.2, 0) is 11.3 Å². The first kappa shape index (κ1) is 15.0. The van der Waals surface area contributed by atoms with Crippen molar-refractivity contribution in [2.75, 3.05) is 6.61 Å². The minimum absolute atomic E-state index is 0.0385. The number of amides is 1. The Bertz CT molecular complexity index is 572. The van der Waals surface area contributed by atoms with Crippen molar-refractivity contribution in [2.45, 2.75) is 50.7 Å². The lowest BCUT2D eigenvalue weighted by atomic mass is 9.47. The summed E-state index contributed by atoms with van der Waals surface area (Å²) in [5, 5.41) is 13.1. The Kier molecular flexibility index (Phi) is 3.60. The molecule has 0 radical (unpaired) electrons. The Morgan fingerprint density at radius 2 is 1.87 bits per heavy atom. The van der Waals surface area contributed by atoms with Crippen LogP contribution in [0, 0.1) is 17.3 Å². The molecule has 4 bridgehead atoms. The molecule has 124 valence electrons. The van der Waals surface area contributed by atoms with E-state index in [1.807, 2.05) is 30.3 Å². The normalized spacial score (nSPS) is 37.6. The van der Waals surface area contributed by atoms with Crippen molar-refractivity contribution in [3.8, 4) is 0 Å². The molecule has 1 amide bonds. The van der Waals surface area contributed by atoms with E-state index in [9.17, 15) is 9.90 Å². The molecule has 0 aromatic heterocycles. The van der Waals surface area contributed by atoms with Gasteiger partial charge in [0.05, 0.1) is 0 Å². The molecule has 4 fully saturated rings. The molecule has 23 heavy (non-hydrogen) atoms. The van der Waals surface area contributed by atoms with Crippen LogP contribution >= 0.6 is 0 Å². The number of hydrogen-bond donors (Lipinski definition) is 2. The van der Waals surface area contributed by atoms with Crippen LogP contribution in [0.1, 0.15) is 44.1 Å². The average Bonchev–Trinajstić information content (AvgIpc) is 2.52. The molecule has 1 aromatic carbocycles. The zero-order valence-corrected chi connectivity index (χ0v) is 13.5. The second-order valence-electron chi connectivity index (χ2n) is 8.09. The van der Waals surface area contributed by atoms with Gasteiger partial charge in [0.1, 0.15) is 6.61 Å². The summed E-state index contributed by atoms with van der Waals surface area (Å²) >= 11 is 0. The molecule has 4 aliphatic rings. The average molecular weight is 315 g/mol. The van der Waals surface area contributed by atoms with Gasteiger partial charge < -0.3 is 15.2 Å². The molecule has 4 aliphatic carbocycles. The smallest absolute Gasteiger partial charge is 0.407 e. The number of benzene rings is 1. The number of carbonyl (C=O) groups is 1. The quantitative estimate of drug-likeness (QED) is 0.897. The van der Waals surface area contributed by atoms with Gasteiger partial charge in [-0.25, -0.2) is 4.79 Å². The second-order valence-corrected chi connectivity index (χ2v) is 8.09. The van der Waals surface area contributed by atoms with Gasteiger partial charge in [-0.2, -0.15) is 0 Å².